The molecule has 0 saturated carbocycles. The van der Waals surface area contributed by atoms with Gasteiger partial charge in [0.05, 0.1) is 4.70 Å². The van der Waals surface area contributed by atoms with Crippen LogP contribution >= 0.6 is 11.3 Å². The lowest BCUT2D eigenvalue weighted by atomic mass is 9.97. The van der Waals surface area contributed by atoms with Gasteiger partial charge in [0.1, 0.15) is 23.2 Å². The molecule has 48 heavy (non-hydrogen) atoms. The van der Waals surface area contributed by atoms with Crippen molar-refractivity contribution in [2.75, 3.05) is 0 Å². The van der Waals surface area contributed by atoms with Gasteiger partial charge in [-0.25, -0.2) is 9.98 Å². The van der Waals surface area contributed by atoms with Gasteiger partial charge in [0.25, 0.3) is 0 Å². The van der Waals surface area contributed by atoms with Crippen LogP contribution in [0.1, 0.15) is 22.9 Å². The Morgan fingerprint density at radius 3 is 2.17 bits per heavy atom. The van der Waals surface area contributed by atoms with Crippen molar-refractivity contribution in [1.82, 2.24) is 5.32 Å². The van der Waals surface area contributed by atoms with E-state index < -0.39 is 0 Å². The van der Waals surface area contributed by atoms with E-state index in [9.17, 15) is 0 Å². The molecule has 4 nitrogen and oxygen atoms in total. The van der Waals surface area contributed by atoms with Crippen molar-refractivity contribution in [3.63, 3.8) is 0 Å². The highest BCUT2D eigenvalue weighted by Crippen LogP contribution is 2.44. The molecule has 3 heterocycles. The molecule has 7 aromatic carbocycles. The Kier molecular flexibility index (Phi) is 6.08. The van der Waals surface area contributed by atoms with E-state index in [-0.39, 0.29) is 6.17 Å². The van der Waals surface area contributed by atoms with Gasteiger partial charge in [-0.1, -0.05) is 133 Å². The summed E-state index contributed by atoms with van der Waals surface area (Å²) in [6.07, 6.45) is -0.298. The maximum absolute atomic E-state index is 6.55. The molecule has 0 fully saturated rings. The summed E-state index contributed by atoms with van der Waals surface area (Å²) in [6.45, 7) is 0. The van der Waals surface area contributed by atoms with E-state index in [1.165, 1.54) is 26.4 Å². The minimum absolute atomic E-state index is 0.298. The molecule has 1 aliphatic heterocycles. The zero-order valence-corrected chi connectivity index (χ0v) is 26.5. The van der Waals surface area contributed by atoms with Crippen LogP contribution in [0.15, 0.2) is 166 Å². The lowest BCUT2D eigenvalue weighted by molar-refractivity contribution is 0.672. The molecule has 0 spiro atoms. The lowest BCUT2D eigenvalue weighted by Crippen LogP contribution is -2.33. The first-order valence-corrected chi connectivity index (χ1v) is 16.9. The number of furan rings is 1. The molecule has 0 radical (unpaired) electrons. The largest absolute Gasteiger partial charge is 0.455 e. The fourth-order valence-electron chi connectivity index (χ4n) is 7.04. The third-order valence-electron chi connectivity index (χ3n) is 9.35. The predicted molar refractivity (Wildman–Crippen MR) is 201 cm³/mol. The standard InChI is InChI=1S/C43H27N3OS/c1-2-12-28(13-3-1)41-44-42(29-23-21-27(22-24-29)31-18-10-14-26-11-4-5-15-30(26)31)46-43(45-41)35-25-34-32-16-6-8-19-36(32)47-39(34)38-33-17-7-9-20-37(33)48-40(35)38/h1-25,41H,(H,44,45,46). The number of amidine groups is 2. The van der Waals surface area contributed by atoms with Crippen LogP contribution in [0.25, 0.3) is 64.0 Å². The van der Waals surface area contributed by atoms with E-state index in [0.717, 1.165) is 60.1 Å². The van der Waals surface area contributed by atoms with Crippen molar-refractivity contribution in [1.29, 1.82) is 0 Å². The Balaban J connectivity index is 1.17. The maximum Gasteiger partial charge on any atom is 0.159 e. The fourth-order valence-corrected chi connectivity index (χ4v) is 8.25. The summed E-state index contributed by atoms with van der Waals surface area (Å²) in [6, 6.07) is 53.2. The first-order valence-electron chi connectivity index (χ1n) is 16.1. The predicted octanol–water partition coefficient (Wildman–Crippen LogP) is 11.3. The van der Waals surface area contributed by atoms with Crippen LogP contribution in [0, 0.1) is 0 Å². The first kappa shape index (κ1) is 27.1. The zero-order chi connectivity index (χ0) is 31.6. The summed E-state index contributed by atoms with van der Waals surface area (Å²) >= 11 is 1.78. The Labute approximate surface area is 280 Å². The summed E-state index contributed by atoms with van der Waals surface area (Å²) in [5, 5.41) is 10.7. The van der Waals surface area contributed by atoms with E-state index in [2.05, 4.69) is 139 Å². The Morgan fingerprint density at radius 2 is 1.29 bits per heavy atom. The fraction of sp³-hybridized carbons (Fsp3) is 0.0233. The van der Waals surface area contributed by atoms with Gasteiger partial charge in [-0.3, -0.25) is 0 Å². The summed E-state index contributed by atoms with van der Waals surface area (Å²) in [4.78, 5) is 10.5. The highest BCUT2D eigenvalue weighted by Gasteiger charge is 2.26. The summed E-state index contributed by atoms with van der Waals surface area (Å²) < 4.78 is 8.92. The number of rotatable bonds is 4. The molecule has 226 valence electrons. The molecule has 0 amide bonds. The molecule has 1 unspecified atom stereocenters. The second kappa shape index (κ2) is 10.8. The van der Waals surface area contributed by atoms with Crippen LogP contribution in [-0.2, 0) is 0 Å². The van der Waals surface area contributed by atoms with Crippen LogP contribution in [-0.4, -0.2) is 11.7 Å². The van der Waals surface area contributed by atoms with Gasteiger partial charge in [-0.05, 0) is 45.7 Å². The second-order valence-corrected chi connectivity index (χ2v) is 13.2. The first-order chi connectivity index (χ1) is 23.8. The third-order valence-corrected chi connectivity index (χ3v) is 10.6. The Hall–Kier alpha value is -6.04. The van der Waals surface area contributed by atoms with E-state index in [4.69, 9.17) is 14.4 Å². The number of para-hydroxylation sites is 1. The number of thiophene rings is 1. The van der Waals surface area contributed by atoms with Crippen LogP contribution < -0.4 is 5.32 Å². The van der Waals surface area contributed by atoms with Gasteiger partial charge >= 0.3 is 0 Å². The summed E-state index contributed by atoms with van der Waals surface area (Å²) in [5.74, 6) is 1.50. The number of nitrogens with zero attached hydrogens (tertiary/aromatic N) is 2. The zero-order valence-electron chi connectivity index (χ0n) is 25.7. The van der Waals surface area contributed by atoms with Gasteiger partial charge in [0.15, 0.2) is 5.84 Å². The molecular formula is C43H27N3OS. The average molecular weight is 634 g/mol. The number of fused-ring (bicyclic) bond motifs is 8. The number of hydrogen-bond acceptors (Lipinski definition) is 5. The van der Waals surface area contributed by atoms with Gasteiger partial charge < -0.3 is 9.73 Å². The molecule has 5 heteroatoms. The van der Waals surface area contributed by atoms with Crippen molar-refractivity contribution in [2.24, 2.45) is 9.98 Å². The molecule has 1 atom stereocenters. The minimum atomic E-state index is -0.298. The van der Waals surface area contributed by atoms with Gasteiger partial charge in [-0.2, -0.15) is 0 Å². The molecule has 1 N–H and O–H groups in total. The van der Waals surface area contributed by atoms with Gasteiger partial charge in [0, 0.05) is 37.4 Å². The molecule has 0 saturated heterocycles. The average Bonchev–Trinajstić information content (AvgIpc) is 3.73. The number of hydrogen-bond donors (Lipinski definition) is 1. The van der Waals surface area contributed by atoms with E-state index in [1.54, 1.807) is 11.3 Å². The normalized spacial score (nSPS) is 14.9. The monoisotopic (exact) mass is 633 g/mol. The van der Waals surface area contributed by atoms with Crippen molar-refractivity contribution in [2.45, 2.75) is 6.17 Å². The van der Waals surface area contributed by atoms with Crippen LogP contribution in [0.4, 0.5) is 0 Å². The smallest absolute Gasteiger partial charge is 0.159 e. The molecular weight excluding hydrogens is 607 g/mol. The molecule has 0 bridgehead atoms. The van der Waals surface area contributed by atoms with E-state index in [1.807, 2.05) is 18.2 Å². The van der Waals surface area contributed by atoms with E-state index in [0.29, 0.717) is 5.84 Å². The Morgan fingerprint density at radius 1 is 0.583 bits per heavy atom. The SMILES string of the molecule is c1ccc(C2N=C(c3ccc(-c4cccc5ccccc45)cc3)N=C(c3cc4c5ccccc5oc4c4c3sc3ccccc34)N2)cc1. The van der Waals surface area contributed by atoms with E-state index >= 15 is 0 Å². The number of benzene rings is 7. The molecule has 1 aliphatic rings. The van der Waals surface area contributed by atoms with Crippen molar-refractivity contribution in [3.8, 4) is 11.1 Å². The van der Waals surface area contributed by atoms with Crippen molar-refractivity contribution in [3.05, 3.63) is 168 Å². The second-order valence-electron chi connectivity index (χ2n) is 12.2. The maximum atomic E-state index is 6.55. The highest BCUT2D eigenvalue weighted by molar-refractivity contribution is 7.26. The third kappa shape index (κ3) is 4.29. The highest BCUT2D eigenvalue weighted by atomic mass is 32.1. The van der Waals surface area contributed by atoms with Gasteiger partial charge in [0.2, 0.25) is 0 Å². The Bertz CT molecular complexity index is 2750. The van der Waals surface area contributed by atoms with Gasteiger partial charge in [-0.15, -0.1) is 11.3 Å². The van der Waals surface area contributed by atoms with Crippen LogP contribution in [0.2, 0.25) is 0 Å². The summed E-state index contributed by atoms with van der Waals surface area (Å²) in [5.41, 5.74) is 7.28. The van der Waals surface area contributed by atoms with Crippen LogP contribution in [0.5, 0.6) is 0 Å². The topological polar surface area (TPSA) is 49.9 Å². The number of aliphatic imine (C=N–C) groups is 2. The molecule has 0 aliphatic carbocycles. The summed E-state index contributed by atoms with van der Waals surface area (Å²) in [7, 11) is 0. The molecule has 10 rings (SSSR count). The number of nitrogens with one attached hydrogen (secondary N) is 1. The quantitative estimate of drug-likeness (QED) is 0.210. The molecule has 2 aromatic heterocycles. The van der Waals surface area contributed by atoms with Crippen molar-refractivity contribution >= 4 is 75.9 Å². The lowest BCUT2D eigenvalue weighted by Gasteiger charge is -2.24. The van der Waals surface area contributed by atoms with Crippen LogP contribution in [0.3, 0.4) is 0 Å². The minimum Gasteiger partial charge on any atom is -0.455 e. The molecule has 9 aromatic rings. The van der Waals surface area contributed by atoms with Crippen molar-refractivity contribution < 1.29 is 4.42 Å².